The molecule has 1 fully saturated rings. The van der Waals surface area contributed by atoms with Crippen molar-refractivity contribution in [3.8, 4) is 5.75 Å². The molecule has 1 saturated heterocycles. The summed E-state index contributed by atoms with van der Waals surface area (Å²) in [4.78, 5) is 30.0. The Morgan fingerprint density at radius 2 is 1.97 bits per heavy atom. The van der Waals surface area contributed by atoms with Crippen LogP contribution in [0.4, 0.5) is 0 Å². The van der Waals surface area contributed by atoms with Crippen LogP contribution in [0.3, 0.4) is 0 Å². The van der Waals surface area contributed by atoms with E-state index in [-0.39, 0.29) is 11.8 Å². The molecule has 3 heterocycles. The predicted molar refractivity (Wildman–Crippen MR) is 118 cm³/mol. The predicted octanol–water partition coefficient (Wildman–Crippen LogP) is 3.05. The molecule has 31 heavy (non-hydrogen) atoms. The van der Waals surface area contributed by atoms with Crippen molar-refractivity contribution in [2.75, 3.05) is 26.2 Å². The fourth-order valence-electron chi connectivity index (χ4n) is 4.65. The Kier molecular flexibility index (Phi) is 6.89. The van der Waals surface area contributed by atoms with Crippen molar-refractivity contribution in [2.24, 2.45) is 7.05 Å². The Bertz CT molecular complexity index is 910. The third-order valence-corrected chi connectivity index (χ3v) is 6.39. The summed E-state index contributed by atoms with van der Waals surface area (Å²) in [5, 5.41) is 4.12. The van der Waals surface area contributed by atoms with Crippen LogP contribution in [0.2, 0.25) is 0 Å². The number of nitrogens with zero attached hydrogens (tertiary/aromatic N) is 4. The number of aromatic nitrogens is 2. The molecule has 2 bridgehead atoms. The molecule has 0 N–H and O–H groups in total. The lowest BCUT2D eigenvalue weighted by Crippen LogP contribution is -2.44. The number of aryl methyl sites for hydroxylation is 2. The van der Waals surface area contributed by atoms with Crippen molar-refractivity contribution in [1.29, 1.82) is 0 Å². The Labute approximate surface area is 184 Å². The standard InChI is InChI=1S/C24H32N4O3/c1-26-22(12-13-25-26)24(30)27-14-5-9-23(29)28-15-3-2-7-20(28)11-10-19-6-4-8-21(18-19)31-17-16-27/h4,6,8,12-13,18,20H,2-3,5,7,9-11,14-17H2,1H3. The van der Waals surface area contributed by atoms with Crippen LogP contribution in [-0.2, 0) is 18.3 Å². The molecular formula is C24H32N4O3. The van der Waals surface area contributed by atoms with Gasteiger partial charge in [0.15, 0.2) is 0 Å². The Balaban J connectivity index is 1.53. The minimum absolute atomic E-state index is 0.0787. The average molecular weight is 425 g/mol. The number of fused-ring (bicyclic) bond motifs is 3. The quantitative estimate of drug-likeness (QED) is 0.706. The molecule has 7 heteroatoms. The lowest BCUT2D eigenvalue weighted by Gasteiger charge is -2.36. The summed E-state index contributed by atoms with van der Waals surface area (Å²) in [5.41, 5.74) is 1.77. The molecule has 4 rings (SSSR count). The maximum absolute atomic E-state index is 13.1. The van der Waals surface area contributed by atoms with Crippen LogP contribution in [0, 0.1) is 0 Å². The molecular weight excluding hydrogens is 392 g/mol. The first-order chi connectivity index (χ1) is 15.1. The van der Waals surface area contributed by atoms with E-state index in [0.717, 1.165) is 38.0 Å². The van der Waals surface area contributed by atoms with E-state index in [2.05, 4.69) is 22.1 Å². The summed E-state index contributed by atoms with van der Waals surface area (Å²) in [6.07, 6.45) is 8.02. The molecule has 0 aliphatic carbocycles. The van der Waals surface area contributed by atoms with Gasteiger partial charge in [-0.15, -0.1) is 0 Å². The number of amides is 2. The topological polar surface area (TPSA) is 67.7 Å². The highest BCUT2D eigenvalue weighted by molar-refractivity contribution is 5.92. The van der Waals surface area contributed by atoms with Crippen molar-refractivity contribution in [3.05, 3.63) is 47.8 Å². The third kappa shape index (κ3) is 5.27. The molecule has 2 amide bonds. The second-order valence-corrected chi connectivity index (χ2v) is 8.51. The van der Waals surface area contributed by atoms with E-state index in [9.17, 15) is 9.59 Å². The monoisotopic (exact) mass is 424 g/mol. The van der Waals surface area contributed by atoms with E-state index in [4.69, 9.17) is 4.74 Å². The second-order valence-electron chi connectivity index (χ2n) is 8.51. The Hall–Kier alpha value is -2.83. The number of piperidine rings is 1. The lowest BCUT2D eigenvalue weighted by molar-refractivity contribution is -0.135. The molecule has 7 nitrogen and oxygen atoms in total. The molecule has 2 aliphatic heterocycles. The van der Waals surface area contributed by atoms with E-state index in [1.165, 1.54) is 12.0 Å². The van der Waals surface area contributed by atoms with Crippen LogP contribution in [0.1, 0.15) is 54.6 Å². The van der Waals surface area contributed by atoms with Crippen molar-refractivity contribution < 1.29 is 14.3 Å². The van der Waals surface area contributed by atoms with Crippen LogP contribution >= 0.6 is 0 Å². The number of carbonyl (C=O) groups is 2. The maximum atomic E-state index is 13.1. The zero-order valence-electron chi connectivity index (χ0n) is 18.3. The van der Waals surface area contributed by atoms with E-state index < -0.39 is 0 Å². The highest BCUT2D eigenvalue weighted by Gasteiger charge is 2.27. The number of hydrogen-bond acceptors (Lipinski definition) is 4. The fourth-order valence-corrected chi connectivity index (χ4v) is 4.65. The van der Waals surface area contributed by atoms with Crippen molar-refractivity contribution in [2.45, 2.75) is 51.0 Å². The minimum Gasteiger partial charge on any atom is -0.492 e. The van der Waals surface area contributed by atoms with Crippen molar-refractivity contribution in [1.82, 2.24) is 19.6 Å². The number of rotatable bonds is 1. The summed E-state index contributed by atoms with van der Waals surface area (Å²) in [6, 6.07) is 10.2. The minimum atomic E-state index is -0.0787. The summed E-state index contributed by atoms with van der Waals surface area (Å²) in [7, 11) is 1.77. The number of ether oxygens (including phenoxy) is 1. The smallest absolute Gasteiger partial charge is 0.272 e. The summed E-state index contributed by atoms with van der Waals surface area (Å²) in [6.45, 7) is 2.26. The molecule has 166 valence electrons. The molecule has 1 atom stereocenters. The summed E-state index contributed by atoms with van der Waals surface area (Å²) >= 11 is 0. The molecule has 1 unspecified atom stereocenters. The van der Waals surface area contributed by atoms with Crippen LogP contribution in [0.25, 0.3) is 0 Å². The third-order valence-electron chi connectivity index (χ3n) is 6.39. The lowest BCUT2D eigenvalue weighted by atomic mass is 9.95. The van der Waals surface area contributed by atoms with Gasteiger partial charge in [-0.1, -0.05) is 12.1 Å². The molecule has 2 aromatic rings. The Morgan fingerprint density at radius 3 is 2.81 bits per heavy atom. The first-order valence-corrected chi connectivity index (χ1v) is 11.4. The van der Waals surface area contributed by atoms with Gasteiger partial charge in [0.05, 0.1) is 6.54 Å². The van der Waals surface area contributed by atoms with Gasteiger partial charge in [0.1, 0.15) is 18.1 Å². The summed E-state index contributed by atoms with van der Waals surface area (Å²) in [5.74, 6) is 0.972. The molecule has 1 aromatic heterocycles. The summed E-state index contributed by atoms with van der Waals surface area (Å²) < 4.78 is 7.57. The largest absolute Gasteiger partial charge is 0.492 e. The van der Waals surface area contributed by atoms with Crippen LogP contribution < -0.4 is 4.74 Å². The Morgan fingerprint density at radius 1 is 1.06 bits per heavy atom. The fraction of sp³-hybridized carbons (Fsp3) is 0.542. The van der Waals surface area contributed by atoms with Crippen LogP contribution in [0.5, 0.6) is 5.75 Å². The highest BCUT2D eigenvalue weighted by Crippen LogP contribution is 2.24. The molecule has 0 radical (unpaired) electrons. The highest BCUT2D eigenvalue weighted by atomic mass is 16.5. The number of carbonyl (C=O) groups excluding carboxylic acids is 2. The zero-order chi connectivity index (χ0) is 21.6. The van der Waals surface area contributed by atoms with Gasteiger partial charge in [-0.3, -0.25) is 14.3 Å². The van der Waals surface area contributed by atoms with Crippen molar-refractivity contribution in [3.63, 3.8) is 0 Å². The average Bonchev–Trinajstić information content (AvgIpc) is 3.22. The van der Waals surface area contributed by atoms with E-state index >= 15 is 0 Å². The van der Waals surface area contributed by atoms with Crippen molar-refractivity contribution >= 4 is 11.8 Å². The van der Waals surface area contributed by atoms with Gasteiger partial charge in [-0.05, 0) is 62.3 Å². The van der Waals surface area contributed by atoms with E-state index in [1.54, 1.807) is 28.9 Å². The number of hydrogen-bond donors (Lipinski definition) is 0. The molecule has 1 aromatic carbocycles. The van der Waals surface area contributed by atoms with E-state index in [0.29, 0.717) is 44.3 Å². The first kappa shape index (κ1) is 21.4. The SMILES string of the molecule is Cn1nccc1C(=O)N1CCCC(=O)N2CCCCC2CCc2cccc(c2)OCC1. The van der Waals surface area contributed by atoms with Crippen LogP contribution in [0.15, 0.2) is 36.5 Å². The maximum Gasteiger partial charge on any atom is 0.272 e. The molecule has 0 spiro atoms. The molecule has 0 saturated carbocycles. The number of benzene rings is 1. The van der Waals surface area contributed by atoms with Crippen LogP contribution in [-0.4, -0.2) is 63.7 Å². The van der Waals surface area contributed by atoms with E-state index in [1.807, 2.05) is 12.1 Å². The van der Waals surface area contributed by atoms with Gasteiger partial charge in [0.25, 0.3) is 5.91 Å². The second kappa shape index (κ2) is 9.98. The van der Waals surface area contributed by atoms with Gasteiger partial charge >= 0.3 is 0 Å². The molecule has 2 aliphatic rings. The van der Waals surface area contributed by atoms with Gasteiger partial charge in [0.2, 0.25) is 5.91 Å². The van der Waals surface area contributed by atoms with Gasteiger partial charge < -0.3 is 14.5 Å². The van der Waals surface area contributed by atoms with Gasteiger partial charge in [0, 0.05) is 38.8 Å². The normalized spacial score (nSPS) is 20.9. The van der Waals surface area contributed by atoms with Gasteiger partial charge in [-0.25, -0.2) is 0 Å². The first-order valence-electron chi connectivity index (χ1n) is 11.4. The van der Waals surface area contributed by atoms with Gasteiger partial charge in [-0.2, -0.15) is 5.10 Å². The zero-order valence-corrected chi connectivity index (χ0v) is 18.3.